The van der Waals surface area contributed by atoms with Gasteiger partial charge in [-0.2, -0.15) is 0 Å². The van der Waals surface area contributed by atoms with E-state index in [1.807, 2.05) is 43.4 Å². The van der Waals surface area contributed by atoms with Gasteiger partial charge in [0.05, 0.1) is 18.2 Å². The minimum atomic E-state index is 0.0315. The van der Waals surface area contributed by atoms with Crippen molar-refractivity contribution in [1.29, 1.82) is 0 Å². The van der Waals surface area contributed by atoms with Gasteiger partial charge in [0.15, 0.2) is 0 Å². The number of hydrogen-bond acceptors (Lipinski definition) is 2. The van der Waals surface area contributed by atoms with Gasteiger partial charge in [0.25, 0.3) is 0 Å². The molecule has 0 aliphatic rings. The van der Waals surface area contributed by atoms with Gasteiger partial charge in [-0.1, -0.05) is 29.3 Å². The van der Waals surface area contributed by atoms with Crippen LogP contribution in [0.15, 0.2) is 36.4 Å². The predicted molar refractivity (Wildman–Crippen MR) is 93.1 cm³/mol. The summed E-state index contributed by atoms with van der Waals surface area (Å²) in [7, 11) is 3.52. The Morgan fingerprint density at radius 1 is 1.15 bits per heavy atom. The summed E-state index contributed by atoms with van der Waals surface area (Å²) in [5.74, 6) is 0.672. The SMILES string of the molecule is CNC(c1ccc(OC)c(Cl)c1)c1cc(Cl)ccc1I. The highest BCUT2D eigenvalue weighted by Gasteiger charge is 2.16. The standard InChI is InChI=1S/C15H14Cl2INO/c1-19-15(11-8-10(16)4-5-13(11)18)9-3-6-14(20-2)12(17)7-9/h3-8,15,19H,1-2H3. The first-order valence-electron chi connectivity index (χ1n) is 6.02. The Hall–Kier alpha value is -0.490. The van der Waals surface area contributed by atoms with Crippen molar-refractivity contribution in [3.63, 3.8) is 0 Å². The van der Waals surface area contributed by atoms with Crippen LogP contribution >= 0.6 is 45.8 Å². The Kier molecular flexibility index (Phi) is 5.55. The van der Waals surface area contributed by atoms with Crippen LogP contribution in [0.5, 0.6) is 5.75 Å². The first-order chi connectivity index (χ1) is 9.56. The van der Waals surface area contributed by atoms with Crippen molar-refractivity contribution in [1.82, 2.24) is 5.32 Å². The van der Waals surface area contributed by atoms with E-state index < -0.39 is 0 Å². The summed E-state index contributed by atoms with van der Waals surface area (Å²) in [5, 5.41) is 4.63. The maximum absolute atomic E-state index is 6.21. The molecule has 1 N–H and O–H groups in total. The molecule has 0 saturated carbocycles. The smallest absolute Gasteiger partial charge is 0.137 e. The average molecular weight is 422 g/mol. The zero-order valence-corrected chi connectivity index (χ0v) is 14.8. The second-order valence-corrected chi connectivity index (χ2v) is 6.29. The molecule has 5 heteroatoms. The topological polar surface area (TPSA) is 21.3 Å². The van der Waals surface area contributed by atoms with Crippen LogP contribution in [-0.2, 0) is 0 Å². The van der Waals surface area contributed by atoms with Gasteiger partial charge in [0, 0.05) is 8.59 Å². The van der Waals surface area contributed by atoms with Gasteiger partial charge in [-0.05, 0) is 71.1 Å². The molecule has 0 aromatic heterocycles. The fraction of sp³-hybridized carbons (Fsp3) is 0.200. The maximum atomic E-state index is 6.21. The minimum Gasteiger partial charge on any atom is -0.495 e. The number of nitrogens with one attached hydrogen (secondary N) is 1. The van der Waals surface area contributed by atoms with Crippen LogP contribution in [0.3, 0.4) is 0 Å². The molecule has 0 heterocycles. The van der Waals surface area contributed by atoms with Crippen molar-refractivity contribution < 1.29 is 4.74 Å². The van der Waals surface area contributed by atoms with E-state index >= 15 is 0 Å². The molecule has 2 nitrogen and oxygen atoms in total. The van der Waals surface area contributed by atoms with Gasteiger partial charge >= 0.3 is 0 Å². The lowest BCUT2D eigenvalue weighted by Crippen LogP contribution is -2.18. The Morgan fingerprint density at radius 3 is 2.50 bits per heavy atom. The van der Waals surface area contributed by atoms with Gasteiger partial charge in [0.1, 0.15) is 5.75 Å². The Morgan fingerprint density at radius 2 is 1.90 bits per heavy atom. The number of benzene rings is 2. The molecule has 1 atom stereocenters. The fourth-order valence-electron chi connectivity index (χ4n) is 2.10. The predicted octanol–water partition coefficient (Wildman–Crippen LogP) is 4.92. The summed E-state index contributed by atoms with van der Waals surface area (Å²) in [5.41, 5.74) is 2.19. The van der Waals surface area contributed by atoms with Crippen LogP contribution in [0.25, 0.3) is 0 Å². The molecule has 0 saturated heterocycles. The Labute approximate surface area is 142 Å². The van der Waals surface area contributed by atoms with E-state index in [9.17, 15) is 0 Å². The lowest BCUT2D eigenvalue weighted by atomic mass is 9.99. The quantitative estimate of drug-likeness (QED) is 0.707. The zero-order chi connectivity index (χ0) is 14.7. The molecule has 2 aromatic rings. The summed E-state index contributed by atoms with van der Waals surface area (Å²) in [6, 6.07) is 11.7. The minimum absolute atomic E-state index is 0.0315. The highest BCUT2D eigenvalue weighted by molar-refractivity contribution is 14.1. The van der Waals surface area contributed by atoms with E-state index in [1.165, 1.54) is 0 Å². The molecular weight excluding hydrogens is 408 g/mol. The van der Waals surface area contributed by atoms with Gasteiger partial charge in [-0.3, -0.25) is 0 Å². The van der Waals surface area contributed by atoms with Crippen molar-refractivity contribution in [2.24, 2.45) is 0 Å². The largest absolute Gasteiger partial charge is 0.495 e. The van der Waals surface area contributed by atoms with Crippen LogP contribution < -0.4 is 10.1 Å². The summed E-state index contributed by atoms with van der Waals surface area (Å²) in [6.45, 7) is 0. The van der Waals surface area contributed by atoms with Gasteiger partial charge in [-0.15, -0.1) is 0 Å². The summed E-state index contributed by atoms with van der Waals surface area (Å²) in [4.78, 5) is 0. The lowest BCUT2D eigenvalue weighted by Gasteiger charge is -2.20. The van der Waals surface area contributed by atoms with Gasteiger partial charge in [-0.25, -0.2) is 0 Å². The van der Waals surface area contributed by atoms with Crippen molar-refractivity contribution in [3.05, 3.63) is 61.1 Å². The van der Waals surface area contributed by atoms with Crippen molar-refractivity contribution in [2.75, 3.05) is 14.2 Å². The molecule has 20 heavy (non-hydrogen) atoms. The van der Waals surface area contributed by atoms with E-state index in [4.69, 9.17) is 27.9 Å². The van der Waals surface area contributed by atoms with Crippen LogP contribution in [0, 0.1) is 3.57 Å². The molecule has 0 radical (unpaired) electrons. The molecule has 0 spiro atoms. The number of halogens is 3. The Balaban J connectivity index is 2.46. The zero-order valence-electron chi connectivity index (χ0n) is 11.1. The maximum Gasteiger partial charge on any atom is 0.137 e. The van der Waals surface area contributed by atoms with E-state index in [0.29, 0.717) is 10.8 Å². The molecule has 0 amide bonds. The van der Waals surface area contributed by atoms with Gasteiger partial charge < -0.3 is 10.1 Å². The summed E-state index contributed by atoms with van der Waals surface area (Å²) < 4.78 is 6.34. The fourth-order valence-corrected chi connectivity index (χ4v) is 3.19. The molecule has 1 unspecified atom stereocenters. The van der Waals surface area contributed by atoms with Crippen LogP contribution in [0.1, 0.15) is 17.2 Å². The monoisotopic (exact) mass is 421 g/mol. The molecule has 106 valence electrons. The van der Waals surface area contributed by atoms with E-state index in [-0.39, 0.29) is 6.04 Å². The van der Waals surface area contributed by atoms with Crippen molar-refractivity contribution in [2.45, 2.75) is 6.04 Å². The first kappa shape index (κ1) is 15.9. The van der Waals surface area contributed by atoms with Crippen molar-refractivity contribution >= 4 is 45.8 Å². The molecule has 2 aromatic carbocycles. The molecule has 0 fully saturated rings. The van der Waals surface area contributed by atoms with Gasteiger partial charge in [0.2, 0.25) is 0 Å². The molecule has 2 rings (SSSR count). The third kappa shape index (κ3) is 3.39. The highest BCUT2D eigenvalue weighted by atomic mass is 127. The third-order valence-electron chi connectivity index (χ3n) is 3.07. The normalized spacial score (nSPS) is 12.2. The van der Waals surface area contributed by atoms with E-state index in [1.54, 1.807) is 7.11 Å². The molecule has 0 bridgehead atoms. The van der Waals surface area contributed by atoms with Crippen LogP contribution in [-0.4, -0.2) is 14.2 Å². The van der Waals surface area contributed by atoms with Crippen LogP contribution in [0.4, 0.5) is 0 Å². The molecular formula is C15H14Cl2INO. The highest BCUT2D eigenvalue weighted by Crippen LogP contribution is 2.32. The third-order valence-corrected chi connectivity index (χ3v) is 4.58. The number of ether oxygens (including phenoxy) is 1. The number of hydrogen-bond donors (Lipinski definition) is 1. The number of methoxy groups -OCH3 is 1. The Bertz CT molecular complexity index is 619. The first-order valence-corrected chi connectivity index (χ1v) is 7.86. The number of rotatable bonds is 4. The van der Waals surface area contributed by atoms with Crippen molar-refractivity contribution in [3.8, 4) is 5.75 Å². The summed E-state index contributed by atoms with van der Waals surface area (Å²) in [6.07, 6.45) is 0. The second kappa shape index (κ2) is 6.98. The average Bonchev–Trinajstić information content (AvgIpc) is 2.44. The van der Waals surface area contributed by atoms with E-state index in [2.05, 4.69) is 27.9 Å². The lowest BCUT2D eigenvalue weighted by molar-refractivity contribution is 0.414. The molecule has 0 aliphatic carbocycles. The summed E-state index contributed by atoms with van der Waals surface area (Å²) >= 11 is 14.6. The van der Waals surface area contributed by atoms with E-state index in [0.717, 1.165) is 19.7 Å². The van der Waals surface area contributed by atoms with Crippen LogP contribution in [0.2, 0.25) is 10.0 Å². The molecule has 0 aliphatic heterocycles. The second-order valence-electron chi connectivity index (χ2n) is 4.28.